The molecule has 2 nitrogen and oxygen atoms in total. The molecule has 0 bridgehead atoms. The van der Waals surface area contributed by atoms with Gasteiger partial charge in [0.05, 0.1) is 13.7 Å². The largest absolute Gasteiger partial charge is 0.508 e. The Balaban J connectivity index is 2.69. The van der Waals surface area contributed by atoms with Gasteiger partial charge in [-0.25, -0.2) is 0 Å². The van der Waals surface area contributed by atoms with Gasteiger partial charge >= 0.3 is 0 Å². The first-order valence-corrected chi connectivity index (χ1v) is 2.98. The maximum atomic E-state index is 8.87. The average molecular weight is 137 g/mol. The van der Waals surface area contributed by atoms with Crippen LogP contribution in [0.15, 0.2) is 24.3 Å². The molecule has 0 unspecified atom stereocenters. The Kier molecular flexibility index (Phi) is 2.29. The van der Waals surface area contributed by atoms with Crippen LogP contribution in [0.25, 0.3) is 0 Å². The minimum Gasteiger partial charge on any atom is -0.508 e. The molecule has 1 aromatic rings. The summed E-state index contributed by atoms with van der Waals surface area (Å²) in [7, 11) is 3.24. The average Bonchev–Trinajstić information content (AvgIpc) is 1.95. The third-order valence-electron chi connectivity index (χ3n) is 1.21. The van der Waals surface area contributed by atoms with Crippen LogP contribution in [0.3, 0.4) is 0 Å². The van der Waals surface area contributed by atoms with Gasteiger partial charge in [0.15, 0.2) is 0 Å². The highest BCUT2D eigenvalue weighted by atomic mass is 16.5. The van der Waals surface area contributed by atoms with Crippen LogP contribution in [-0.2, 0) is 11.3 Å². The summed E-state index contributed by atoms with van der Waals surface area (Å²) in [6.45, 7) is 0.486. The predicted octanol–water partition coefficient (Wildman–Crippen LogP) is 1.70. The highest BCUT2D eigenvalue weighted by Gasteiger charge is 1.89. The molecule has 0 aliphatic rings. The van der Waals surface area contributed by atoms with Crippen LogP contribution in [0.4, 0.5) is 0 Å². The molecule has 53 valence electrons. The molecule has 0 spiro atoms. The summed E-state index contributed by atoms with van der Waals surface area (Å²) >= 11 is 0. The van der Waals surface area contributed by atoms with Gasteiger partial charge in [-0.3, -0.25) is 0 Å². The Hall–Kier alpha value is -1.02. The Morgan fingerprint density at radius 2 is 1.90 bits per heavy atom. The van der Waals surface area contributed by atoms with Crippen LogP contribution in [0.2, 0.25) is 0 Å². The molecule has 1 aromatic carbocycles. The van der Waals surface area contributed by atoms with E-state index < -0.39 is 0 Å². The second-order valence-electron chi connectivity index (χ2n) is 2.01. The summed E-state index contributed by atoms with van der Waals surface area (Å²) in [5.74, 6) is 0.271. The molecule has 10 heavy (non-hydrogen) atoms. The summed E-state index contributed by atoms with van der Waals surface area (Å²) in [6, 6.07) is 6.82. The van der Waals surface area contributed by atoms with Crippen molar-refractivity contribution in [2.45, 2.75) is 6.61 Å². The van der Waals surface area contributed by atoms with E-state index in [9.17, 15) is 0 Å². The number of rotatable bonds is 2. The fourth-order valence-corrected chi connectivity index (χ4v) is 0.710. The van der Waals surface area contributed by atoms with Gasteiger partial charge in [-0.1, -0.05) is 12.1 Å². The molecule has 0 aromatic heterocycles. The first-order valence-electron chi connectivity index (χ1n) is 2.98. The number of phenolic OH excluding ortho intramolecular Hbond substituents is 1. The molecule has 0 amide bonds. The van der Waals surface area contributed by atoms with Gasteiger partial charge in [0.1, 0.15) is 5.75 Å². The van der Waals surface area contributed by atoms with Crippen molar-refractivity contribution in [1.29, 1.82) is 0 Å². The quantitative estimate of drug-likeness (QED) is 0.672. The molecule has 0 saturated heterocycles. The summed E-state index contributed by atoms with van der Waals surface area (Å²) in [5, 5.41) is 8.87. The molecule has 1 N–H and O–H groups in total. The van der Waals surface area contributed by atoms with Gasteiger partial charge in [-0.05, 0) is 17.7 Å². The van der Waals surface area contributed by atoms with Gasteiger partial charge in [-0.2, -0.15) is 0 Å². The van der Waals surface area contributed by atoms with Crippen molar-refractivity contribution >= 4 is 0 Å². The minimum atomic E-state index is 0.271. The van der Waals surface area contributed by atoms with Crippen LogP contribution in [0, 0.1) is 7.11 Å². The van der Waals surface area contributed by atoms with E-state index in [0.29, 0.717) is 6.61 Å². The van der Waals surface area contributed by atoms with E-state index in [0.717, 1.165) is 5.56 Å². The Morgan fingerprint density at radius 3 is 2.40 bits per heavy atom. The maximum absolute atomic E-state index is 8.87. The van der Waals surface area contributed by atoms with E-state index in [4.69, 9.17) is 5.11 Å². The van der Waals surface area contributed by atoms with E-state index in [-0.39, 0.29) is 5.75 Å². The topological polar surface area (TPSA) is 29.5 Å². The smallest absolute Gasteiger partial charge is 0.115 e. The molecule has 0 saturated carbocycles. The second kappa shape index (κ2) is 3.22. The van der Waals surface area contributed by atoms with Crippen LogP contribution >= 0.6 is 0 Å². The monoisotopic (exact) mass is 137 g/mol. The van der Waals surface area contributed by atoms with E-state index in [1.807, 2.05) is 0 Å². The number of ether oxygens (including phenoxy) is 1. The zero-order chi connectivity index (χ0) is 7.40. The fraction of sp³-hybridized carbons (Fsp3) is 0.125. The number of hydrogen-bond donors (Lipinski definition) is 1. The lowest BCUT2D eigenvalue weighted by Crippen LogP contribution is -1.83. The van der Waals surface area contributed by atoms with Crippen LogP contribution < -0.4 is 0 Å². The molecule has 1 radical (unpaired) electrons. The van der Waals surface area contributed by atoms with Crippen molar-refractivity contribution in [3.05, 3.63) is 36.9 Å². The summed E-state index contributed by atoms with van der Waals surface area (Å²) < 4.78 is 4.64. The van der Waals surface area contributed by atoms with Crippen molar-refractivity contribution in [3.63, 3.8) is 0 Å². The third-order valence-corrected chi connectivity index (χ3v) is 1.21. The van der Waals surface area contributed by atoms with Crippen molar-refractivity contribution in [1.82, 2.24) is 0 Å². The highest BCUT2D eigenvalue weighted by Crippen LogP contribution is 2.09. The molecular weight excluding hydrogens is 128 g/mol. The zero-order valence-corrected chi connectivity index (χ0v) is 5.58. The van der Waals surface area contributed by atoms with E-state index >= 15 is 0 Å². The second-order valence-corrected chi connectivity index (χ2v) is 2.01. The van der Waals surface area contributed by atoms with Crippen molar-refractivity contribution < 1.29 is 9.84 Å². The van der Waals surface area contributed by atoms with Gasteiger partial charge in [0, 0.05) is 0 Å². The standard InChI is InChI=1S/C8H9O2/c1-10-6-7-2-4-8(9)5-3-7/h2-5,9H,1,6H2. The van der Waals surface area contributed by atoms with E-state index in [1.54, 1.807) is 24.3 Å². The number of aromatic hydroxyl groups is 1. The Labute approximate surface area is 60.1 Å². The van der Waals surface area contributed by atoms with Gasteiger partial charge in [0.25, 0.3) is 0 Å². The predicted molar refractivity (Wildman–Crippen MR) is 38.3 cm³/mol. The Bertz CT molecular complexity index is 191. The van der Waals surface area contributed by atoms with Gasteiger partial charge < -0.3 is 9.84 Å². The van der Waals surface area contributed by atoms with Crippen LogP contribution in [0.5, 0.6) is 5.75 Å². The lowest BCUT2D eigenvalue weighted by molar-refractivity contribution is 0.229. The molecule has 1 rings (SSSR count). The molecular formula is C8H9O2. The van der Waals surface area contributed by atoms with Gasteiger partial charge in [-0.15, -0.1) is 0 Å². The highest BCUT2D eigenvalue weighted by molar-refractivity contribution is 5.25. The lowest BCUT2D eigenvalue weighted by Gasteiger charge is -1.97. The Morgan fingerprint density at radius 1 is 1.30 bits per heavy atom. The first kappa shape index (κ1) is 7.09. The fourth-order valence-electron chi connectivity index (χ4n) is 0.710. The lowest BCUT2D eigenvalue weighted by atomic mass is 10.2. The molecule has 0 heterocycles. The number of phenols is 1. The van der Waals surface area contributed by atoms with E-state index in [2.05, 4.69) is 11.8 Å². The molecule has 2 heteroatoms. The molecule has 0 fully saturated rings. The van der Waals surface area contributed by atoms with Crippen LogP contribution in [0.1, 0.15) is 5.56 Å². The SMILES string of the molecule is [CH2]OCc1ccc(O)cc1. The van der Waals surface area contributed by atoms with Crippen molar-refractivity contribution in [2.75, 3.05) is 0 Å². The molecule has 0 atom stereocenters. The summed E-state index contributed by atoms with van der Waals surface area (Å²) in [4.78, 5) is 0. The summed E-state index contributed by atoms with van der Waals surface area (Å²) in [6.07, 6.45) is 0. The first-order chi connectivity index (χ1) is 4.83. The zero-order valence-electron chi connectivity index (χ0n) is 5.58. The summed E-state index contributed by atoms with van der Waals surface area (Å²) in [5.41, 5.74) is 1.01. The molecule has 0 aliphatic carbocycles. The number of benzene rings is 1. The normalized spacial score (nSPS) is 9.70. The van der Waals surface area contributed by atoms with Crippen molar-refractivity contribution in [2.24, 2.45) is 0 Å². The number of hydrogen-bond acceptors (Lipinski definition) is 2. The third kappa shape index (κ3) is 1.74. The van der Waals surface area contributed by atoms with E-state index in [1.165, 1.54) is 0 Å². The maximum Gasteiger partial charge on any atom is 0.115 e. The molecule has 0 aliphatic heterocycles. The van der Waals surface area contributed by atoms with Gasteiger partial charge in [0.2, 0.25) is 0 Å². The minimum absolute atomic E-state index is 0.271. The van der Waals surface area contributed by atoms with Crippen molar-refractivity contribution in [3.8, 4) is 5.75 Å². The van der Waals surface area contributed by atoms with Crippen LogP contribution in [-0.4, -0.2) is 5.11 Å².